The summed E-state index contributed by atoms with van der Waals surface area (Å²) in [5.41, 5.74) is 4.25. The molecule has 4 rings (SSSR count). The first kappa shape index (κ1) is 23.0. The fraction of sp³-hybridized carbons (Fsp3) is 0.346. The minimum Gasteiger partial charge on any atom is -0.478 e. The molecule has 174 valence electrons. The molecule has 5 nitrogen and oxygen atoms in total. The van der Waals surface area contributed by atoms with Crippen LogP contribution in [-0.2, 0) is 13.2 Å². The molecule has 33 heavy (non-hydrogen) atoms. The third-order valence-corrected chi connectivity index (χ3v) is 5.80. The number of β-amino-alcohol motifs (C(OH)–C–C–N with tert-alkyl or cyclic N) is 1. The van der Waals surface area contributed by atoms with Crippen molar-refractivity contribution in [1.29, 1.82) is 0 Å². The van der Waals surface area contributed by atoms with Gasteiger partial charge in [-0.05, 0) is 36.2 Å². The van der Waals surface area contributed by atoms with E-state index < -0.39 is 19.5 Å². The van der Waals surface area contributed by atoms with Crippen LogP contribution in [0.1, 0.15) is 29.8 Å². The van der Waals surface area contributed by atoms with Gasteiger partial charge in [0.1, 0.15) is 13.3 Å². The van der Waals surface area contributed by atoms with E-state index in [2.05, 4.69) is 9.88 Å². The van der Waals surface area contributed by atoms with Gasteiger partial charge < -0.3 is 19.6 Å². The molecule has 0 aliphatic carbocycles. The van der Waals surface area contributed by atoms with E-state index in [1.807, 2.05) is 72.5 Å². The van der Waals surface area contributed by atoms with Crippen LogP contribution < -0.4 is 14.5 Å². The molecule has 2 heterocycles. The number of benzene rings is 2. The van der Waals surface area contributed by atoms with Crippen LogP contribution in [0.25, 0.3) is 0 Å². The average Bonchev–Trinajstić information content (AvgIpc) is 2.85. The lowest BCUT2D eigenvalue weighted by molar-refractivity contribution is 0.142. The van der Waals surface area contributed by atoms with E-state index in [9.17, 15) is 13.9 Å². The van der Waals surface area contributed by atoms with Crippen LogP contribution in [0.5, 0.6) is 5.88 Å². The van der Waals surface area contributed by atoms with Gasteiger partial charge in [0.2, 0.25) is 5.88 Å². The summed E-state index contributed by atoms with van der Waals surface area (Å²) in [4.78, 5) is 8.86. The molecule has 0 spiro atoms. The minimum atomic E-state index is -1.11. The van der Waals surface area contributed by atoms with Gasteiger partial charge in [0.05, 0.1) is 42.4 Å². The fourth-order valence-electron chi connectivity index (χ4n) is 4.34. The van der Waals surface area contributed by atoms with E-state index in [0.29, 0.717) is 31.1 Å². The number of hydrogen-bond acceptors (Lipinski definition) is 5. The summed E-state index contributed by atoms with van der Waals surface area (Å²) in [5.74, 6) is 0.584. The number of aromatic nitrogens is 1. The van der Waals surface area contributed by atoms with E-state index >= 15 is 0 Å². The molecular weight excluding hydrogens is 424 g/mol. The Labute approximate surface area is 193 Å². The van der Waals surface area contributed by atoms with Gasteiger partial charge in [-0.25, -0.2) is 13.8 Å². The summed E-state index contributed by atoms with van der Waals surface area (Å²) in [5, 5.41) is 10.2. The number of halogens is 2. The topological polar surface area (TPSA) is 48.8 Å². The highest BCUT2D eigenvalue weighted by Gasteiger charge is 2.33. The van der Waals surface area contributed by atoms with Crippen LogP contribution in [0.3, 0.4) is 0 Å². The zero-order valence-corrected chi connectivity index (χ0v) is 18.7. The summed E-state index contributed by atoms with van der Waals surface area (Å²) < 4.78 is 32.2. The summed E-state index contributed by atoms with van der Waals surface area (Å²) in [6, 6.07) is 20.8. The number of ether oxygens (including phenoxy) is 1. The molecule has 2 atom stereocenters. The molecule has 0 fully saturated rings. The van der Waals surface area contributed by atoms with Crippen molar-refractivity contribution in [2.24, 2.45) is 0 Å². The van der Waals surface area contributed by atoms with Gasteiger partial charge in [-0.15, -0.1) is 0 Å². The van der Waals surface area contributed by atoms with E-state index in [4.69, 9.17) is 4.74 Å². The molecule has 0 amide bonds. The van der Waals surface area contributed by atoms with Crippen molar-refractivity contribution in [3.8, 4) is 5.88 Å². The van der Waals surface area contributed by atoms with Gasteiger partial charge in [-0.2, -0.15) is 0 Å². The average molecular weight is 454 g/mol. The number of rotatable bonds is 9. The van der Waals surface area contributed by atoms with Crippen LogP contribution in [-0.4, -0.2) is 42.6 Å². The van der Waals surface area contributed by atoms with Gasteiger partial charge in [-0.3, -0.25) is 0 Å². The molecule has 1 N–H and O–H groups in total. The molecule has 0 saturated heterocycles. The maximum Gasteiger partial charge on any atom is 0.213 e. The Morgan fingerprint density at radius 3 is 2.61 bits per heavy atom. The summed E-state index contributed by atoms with van der Waals surface area (Å²) in [6.45, 7) is 2.36. The van der Waals surface area contributed by atoms with E-state index in [-0.39, 0.29) is 12.6 Å². The molecule has 0 bridgehead atoms. The predicted octanol–water partition coefficient (Wildman–Crippen LogP) is 4.85. The second kappa shape index (κ2) is 10.6. The highest BCUT2D eigenvalue weighted by molar-refractivity contribution is 5.74. The van der Waals surface area contributed by atoms with E-state index in [1.54, 1.807) is 6.07 Å². The molecule has 1 aliphatic rings. The van der Waals surface area contributed by atoms with Crippen LogP contribution in [0.2, 0.25) is 0 Å². The fourth-order valence-corrected chi connectivity index (χ4v) is 4.34. The van der Waals surface area contributed by atoms with Crippen molar-refractivity contribution in [3.05, 3.63) is 83.6 Å². The maximum absolute atomic E-state index is 13.4. The lowest BCUT2D eigenvalue weighted by atomic mass is 9.97. The molecule has 3 aromatic rings. The van der Waals surface area contributed by atoms with Gasteiger partial charge in [0.25, 0.3) is 0 Å². The van der Waals surface area contributed by atoms with Crippen molar-refractivity contribution in [3.63, 3.8) is 0 Å². The Bertz CT molecular complexity index is 1060. The number of hydrogen-bond donors (Lipinski definition) is 1. The number of aliphatic hydroxyl groups excluding tert-OH is 1. The number of anilines is 2. The number of para-hydroxylation sites is 2. The van der Waals surface area contributed by atoms with Crippen molar-refractivity contribution in [2.75, 3.05) is 36.2 Å². The lowest BCUT2D eigenvalue weighted by Crippen LogP contribution is -2.46. The van der Waals surface area contributed by atoms with Crippen molar-refractivity contribution < 1.29 is 18.6 Å². The monoisotopic (exact) mass is 453 g/mol. The van der Waals surface area contributed by atoms with Crippen LogP contribution in [0, 0.1) is 0 Å². The third-order valence-electron chi connectivity index (χ3n) is 5.80. The summed E-state index contributed by atoms with van der Waals surface area (Å²) in [7, 11) is 0. The van der Waals surface area contributed by atoms with Gasteiger partial charge in [-0.1, -0.05) is 42.5 Å². The molecule has 7 heteroatoms. The van der Waals surface area contributed by atoms with Crippen LogP contribution in [0.15, 0.2) is 66.7 Å². The lowest BCUT2D eigenvalue weighted by Gasteiger charge is -2.45. The molecule has 2 aromatic carbocycles. The minimum absolute atomic E-state index is 0.143. The predicted molar refractivity (Wildman–Crippen MR) is 126 cm³/mol. The SMILES string of the molecule is CCOc1cccc(CN2C[C@@H](c3cccc(CF)c3)N(C[C@@H](O)CF)c3ccccc32)n1. The highest BCUT2D eigenvalue weighted by Crippen LogP contribution is 2.41. The molecular formula is C26H29F2N3O2. The Morgan fingerprint density at radius 2 is 1.85 bits per heavy atom. The second-order valence-electron chi connectivity index (χ2n) is 8.12. The number of pyridine rings is 1. The highest BCUT2D eigenvalue weighted by atomic mass is 19.1. The van der Waals surface area contributed by atoms with Crippen molar-refractivity contribution >= 4 is 11.4 Å². The quantitative estimate of drug-likeness (QED) is 0.502. The Morgan fingerprint density at radius 1 is 1.06 bits per heavy atom. The smallest absolute Gasteiger partial charge is 0.213 e. The molecule has 1 aliphatic heterocycles. The summed E-state index contributed by atoms with van der Waals surface area (Å²) in [6.07, 6.45) is -1.11. The number of nitrogens with zero attached hydrogens (tertiary/aromatic N) is 3. The molecule has 0 radical (unpaired) electrons. The number of aliphatic hydroxyl groups is 1. The Kier molecular flexibility index (Phi) is 7.40. The first-order chi connectivity index (χ1) is 16.1. The zero-order valence-electron chi connectivity index (χ0n) is 18.7. The van der Waals surface area contributed by atoms with E-state index in [0.717, 1.165) is 22.6 Å². The van der Waals surface area contributed by atoms with Crippen LogP contribution in [0.4, 0.5) is 20.2 Å². The van der Waals surface area contributed by atoms with Gasteiger partial charge in [0, 0.05) is 19.2 Å². The van der Waals surface area contributed by atoms with Crippen molar-refractivity contribution in [1.82, 2.24) is 4.98 Å². The van der Waals surface area contributed by atoms with E-state index in [1.165, 1.54) is 0 Å². The maximum atomic E-state index is 13.4. The van der Waals surface area contributed by atoms with Gasteiger partial charge >= 0.3 is 0 Å². The first-order valence-electron chi connectivity index (χ1n) is 11.2. The molecule has 0 saturated carbocycles. The van der Waals surface area contributed by atoms with Crippen LogP contribution >= 0.6 is 0 Å². The Balaban J connectivity index is 1.73. The molecule has 1 aromatic heterocycles. The zero-order chi connectivity index (χ0) is 23.2. The first-order valence-corrected chi connectivity index (χ1v) is 11.2. The summed E-state index contributed by atoms with van der Waals surface area (Å²) >= 11 is 0. The largest absolute Gasteiger partial charge is 0.478 e. The van der Waals surface area contributed by atoms with Gasteiger partial charge in [0.15, 0.2) is 0 Å². The van der Waals surface area contributed by atoms with Crippen molar-refractivity contribution in [2.45, 2.75) is 32.3 Å². The normalized spacial score (nSPS) is 16.4. The Hall–Kier alpha value is -3.19. The number of fused-ring (bicyclic) bond motifs is 1. The standard InChI is InChI=1S/C26H29F2N3O2/c1-2-33-26-12-6-9-21(29-26)16-30-18-25(20-8-5-7-19(13-20)14-27)31(17-22(32)15-28)24-11-4-3-10-23(24)30/h3-13,22,25,32H,2,14-18H2,1H3/t22-,25-/m0/s1. The number of alkyl halides is 2. The third kappa shape index (κ3) is 5.25. The molecule has 0 unspecified atom stereocenters. The second-order valence-corrected chi connectivity index (χ2v) is 8.12.